The summed E-state index contributed by atoms with van der Waals surface area (Å²) in [6, 6.07) is 6.43. The monoisotopic (exact) mass is 180 g/mol. The van der Waals surface area contributed by atoms with Crippen LogP contribution in [0.5, 0.6) is 0 Å². The molecule has 0 bridgehead atoms. The lowest BCUT2D eigenvalue weighted by atomic mass is 10.1. The van der Waals surface area contributed by atoms with Crippen molar-refractivity contribution in [3.8, 4) is 0 Å². The zero-order chi connectivity index (χ0) is 9.26. The fraction of sp³-hybridized carbons (Fsp3) is 0.222. The maximum Gasteiger partial charge on any atom is 0.282 e. The predicted octanol–water partition coefficient (Wildman–Crippen LogP) is 1.21. The Kier molecular flexibility index (Phi) is 1.88. The summed E-state index contributed by atoms with van der Waals surface area (Å²) in [4.78, 5) is 3.87. The smallest absolute Gasteiger partial charge is 0.282 e. The van der Waals surface area contributed by atoms with Crippen LogP contribution in [0.1, 0.15) is 11.7 Å². The van der Waals surface area contributed by atoms with E-state index in [0.29, 0.717) is 6.54 Å². The molecule has 1 aliphatic heterocycles. The van der Waals surface area contributed by atoms with Gasteiger partial charge in [0.25, 0.3) is 6.02 Å². The first-order valence-electron chi connectivity index (χ1n) is 3.98. The Morgan fingerprint density at radius 2 is 2.38 bits per heavy atom. The molecule has 1 aliphatic rings. The summed E-state index contributed by atoms with van der Waals surface area (Å²) in [5.74, 6) is -0.272. The number of halogens is 1. The van der Waals surface area contributed by atoms with E-state index in [1.807, 2.05) is 0 Å². The standard InChI is InChI=1S/C9H9FN2O/c10-7-3-1-2-6(4-7)8-5-12-9(11)13-8/h1-4,8H,5H2,(H2,11,12). The van der Waals surface area contributed by atoms with E-state index in [1.165, 1.54) is 12.1 Å². The minimum atomic E-state index is -0.272. The van der Waals surface area contributed by atoms with Crippen LogP contribution in [0.2, 0.25) is 0 Å². The van der Waals surface area contributed by atoms with Gasteiger partial charge in [-0.15, -0.1) is 0 Å². The van der Waals surface area contributed by atoms with Crippen LogP contribution in [-0.4, -0.2) is 12.6 Å². The summed E-state index contributed by atoms with van der Waals surface area (Å²) in [5.41, 5.74) is 6.10. The van der Waals surface area contributed by atoms with Crippen molar-refractivity contribution >= 4 is 6.02 Å². The van der Waals surface area contributed by atoms with Crippen molar-refractivity contribution in [3.63, 3.8) is 0 Å². The van der Waals surface area contributed by atoms with E-state index in [4.69, 9.17) is 10.5 Å². The van der Waals surface area contributed by atoms with Crippen molar-refractivity contribution in [2.45, 2.75) is 6.10 Å². The van der Waals surface area contributed by atoms with Crippen LogP contribution < -0.4 is 5.73 Å². The van der Waals surface area contributed by atoms with Crippen molar-refractivity contribution in [3.05, 3.63) is 35.6 Å². The number of hydrogen-bond acceptors (Lipinski definition) is 3. The van der Waals surface area contributed by atoms with Gasteiger partial charge in [0, 0.05) is 0 Å². The minimum Gasteiger partial charge on any atom is -0.455 e. The van der Waals surface area contributed by atoms with Crippen LogP contribution in [0.4, 0.5) is 4.39 Å². The second-order valence-electron chi connectivity index (χ2n) is 2.84. The van der Waals surface area contributed by atoms with E-state index in [1.54, 1.807) is 12.1 Å². The Morgan fingerprint density at radius 3 is 3.00 bits per heavy atom. The zero-order valence-corrected chi connectivity index (χ0v) is 6.90. The number of benzene rings is 1. The lowest BCUT2D eigenvalue weighted by Crippen LogP contribution is -2.13. The molecule has 0 fully saturated rings. The van der Waals surface area contributed by atoms with Crippen LogP contribution in [-0.2, 0) is 4.74 Å². The van der Waals surface area contributed by atoms with Crippen LogP contribution >= 0.6 is 0 Å². The van der Waals surface area contributed by atoms with E-state index in [-0.39, 0.29) is 17.9 Å². The Hall–Kier alpha value is -1.58. The van der Waals surface area contributed by atoms with Crippen molar-refractivity contribution < 1.29 is 9.13 Å². The van der Waals surface area contributed by atoms with Gasteiger partial charge in [-0.3, -0.25) is 0 Å². The van der Waals surface area contributed by atoms with Gasteiger partial charge < -0.3 is 10.5 Å². The van der Waals surface area contributed by atoms with Gasteiger partial charge in [-0.05, 0) is 17.7 Å². The molecular formula is C9H9FN2O. The second kappa shape index (κ2) is 3.05. The highest BCUT2D eigenvalue weighted by Gasteiger charge is 2.19. The van der Waals surface area contributed by atoms with Crippen molar-refractivity contribution in [1.29, 1.82) is 0 Å². The molecule has 1 unspecified atom stereocenters. The highest BCUT2D eigenvalue weighted by Crippen LogP contribution is 2.21. The van der Waals surface area contributed by atoms with Crippen molar-refractivity contribution in [2.75, 3.05) is 6.54 Å². The Balaban J connectivity index is 2.18. The molecular weight excluding hydrogens is 171 g/mol. The average molecular weight is 180 g/mol. The molecule has 0 aromatic heterocycles. The third kappa shape index (κ3) is 1.61. The molecule has 4 heteroatoms. The fourth-order valence-electron chi connectivity index (χ4n) is 1.27. The maximum atomic E-state index is 12.8. The maximum absolute atomic E-state index is 12.8. The van der Waals surface area contributed by atoms with Crippen LogP contribution in [0.3, 0.4) is 0 Å². The summed E-state index contributed by atoms with van der Waals surface area (Å²) in [7, 11) is 0. The number of amidine groups is 1. The Morgan fingerprint density at radius 1 is 1.54 bits per heavy atom. The number of rotatable bonds is 1. The first-order chi connectivity index (χ1) is 6.25. The highest BCUT2D eigenvalue weighted by molar-refractivity contribution is 5.73. The number of hydrogen-bond donors (Lipinski definition) is 1. The summed E-state index contributed by atoms with van der Waals surface area (Å²) >= 11 is 0. The molecule has 0 aliphatic carbocycles. The van der Waals surface area contributed by atoms with Crippen LogP contribution in [0.25, 0.3) is 0 Å². The number of nitrogens with zero attached hydrogens (tertiary/aromatic N) is 1. The lowest BCUT2D eigenvalue weighted by Gasteiger charge is -2.09. The molecule has 0 radical (unpaired) electrons. The number of nitrogens with two attached hydrogens (primary N) is 1. The molecule has 1 heterocycles. The molecule has 68 valence electrons. The van der Waals surface area contributed by atoms with E-state index < -0.39 is 0 Å². The molecule has 1 aromatic carbocycles. The normalized spacial score (nSPS) is 21.0. The van der Waals surface area contributed by atoms with E-state index in [2.05, 4.69) is 4.99 Å². The summed E-state index contributed by atoms with van der Waals surface area (Å²) in [6.45, 7) is 0.468. The van der Waals surface area contributed by atoms with Gasteiger partial charge >= 0.3 is 0 Å². The molecule has 13 heavy (non-hydrogen) atoms. The van der Waals surface area contributed by atoms with E-state index in [9.17, 15) is 4.39 Å². The largest absolute Gasteiger partial charge is 0.455 e. The third-order valence-electron chi connectivity index (χ3n) is 1.90. The summed E-state index contributed by atoms with van der Waals surface area (Å²) in [5, 5.41) is 0. The number of ether oxygens (including phenoxy) is 1. The van der Waals surface area contributed by atoms with Gasteiger partial charge in [0.1, 0.15) is 11.9 Å². The first-order valence-corrected chi connectivity index (χ1v) is 3.98. The van der Waals surface area contributed by atoms with E-state index in [0.717, 1.165) is 5.56 Å². The predicted molar refractivity (Wildman–Crippen MR) is 46.7 cm³/mol. The SMILES string of the molecule is NC1=NCC(c2cccc(F)c2)O1. The zero-order valence-electron chi connectivity index (χ0n) is 6.90. The average Bonchev–Trinajstić information content (AvgIpc) is 2.52. The highest BCUT2D eigenvalue weighted by atomic mass is 19.1. The van der Waals surface area contributed by atoms with Crippen molar-refractivity contribution in [2.24, 2.45) is 10.7 Å². The lowest BCUT2D eigenvalue weighted by molar-refractivity contribution is 0.226. The topological polar surface area (TPSA) is 47.6 Å². The van der Waals surface area contributed by atoms with Crippen LogP contribution in [0, 0.1) is 5.82 Å². The van der Waals surface area contributed by atoms with E-state index >= 15 is 0 Å². The molecule has 1 aromatic rings. The van der Waals surface area contributed by atoms with Gasteiger partial charge in [0.05, 0.1) is 6.54 Å². The molecule has 0 spiro atoms. The molecule has 2 rings (SSSR count). The third-order valence-corrected chi connectivity index (χ3v) is 1.90. The molecule has 1 atom stereocenters. The Bertz CT molecular complexity index is 351. The van der Waals surface area contributed by atoms with Crippen molar-refractivity contribution in [1.82, 2.24) is 0 Å². The first kappa shape index (κ1) is 8.04. The molecule has 3 nitrogen and oxygen atoms in total. The van der Waals surface area contributed by atoms with Gasteiger partial charge in [0.15, 0.2) is 0 Å². The summed E-state index contributed by atoms with van der Waals surface area (Å²) in [6.07, 6.45) is -0.226. The quantitative estimate of drug-likeness (QED) is 0.706. The Labute approximate surface area is 75.0 Å². The summed E-state index contributed by atoms with van der Waals surface area (Å²) < 4.78 is 18.0. The fourth-order valence-corrected chi connectivity index (χ4v) is 1.27. The number of aliphatic imine (C=N–C) groups is 1. The molecule has 2 N–H and O–H groups in total. The molecule has 0 saturated carbocycles. The minimum absolute atomic E-state index is 0.175. The molecule has 0 amide bonds. The molecule has 0 saturated heterocycles. The van der Waals surface area contributed by atoms with Gasteiger partial charge in [-0.1, -0.05) is 12.1 Å². The van der Waals surface area contributed by atoms with Gasteiger partial charge in [0.2, 0.25) is 0 Å². The van der Waals surface area contributed by atoms with Gasteiger partial charge in [-0.25, -0.2) is 9.38 Å². The van der Waals surface area contributed by atoms with Gasteiger partial charge in [-0.2, -0.15) is 0 Å². The van der Waals surface area contributed by atoms with Crippen LogP contribution in [0.15, 0.2) is 29.3 Å². The second-order valence-corrected chi connectivity index (χ2v) is 2.84.